The first kappa shape index (κ1) is 19.1. The van der Waals surface area contributed by atoms with Gasteiger partial charge in [-0.2, -0.15) is 0 Å². The lowest BCUT2D eigenvalue weighted by atomic mass is 10.2. The molecule has 0 unspecified atom stereocenters. The number of carbonyl (C=O) groups excluding carboxylic acids is 2. The minimum Gasteiger partial charge on any atom is -0.447 e. The van der Waals surface area contributed by atoms with Crippen molar-refractivity contribution < 1.29 is 18.4 Å². The van der Waals surface area contributed by atoms with Crippen molar-refractivity contribution in [1.82, 2.24) is 15.2 Å². The van der Waals surface area contributed by atoms with Gasteiger partial charge in [-0.25, -0.2) is 14.2 Å². The second-order valence-corrected chi connectivity index (χ2v) is 7.72. The fourth-order valence-corrected chi connectivity index (χ4v) is 4.25. The number of nitrogens with zero attached hydrogens (tertiary/aromatic N) is 3. The molecule has 3 aromatic rings. The van der Waals surface area contributed by atoms with Crippen LogP contribution < -0.4 is 10.2 Å². The molecule has 1 fully saturated rings. The van der Waals surface area contributed by atoms with Gasteiger partial charge in [0.1, 0.15) is 17.1 Å². The Kier molecular flexibility index (Phi) is 5.30. The Morgan fingerprint density at radius 1 is 1.31 bits per heavy atom. The summed E-state index contributed by atoms with van der Waals surface area (Å²) in [5, 5.41) is 3.51. The molecule has 3 heterocycles. The van der Waals surface area contributed by atoms with Crippen LogP contribution in [0.5, 0.6) is 0 Å². The van der Waals surface area contributed by atoms with E-state index >= 15 is 0 Å². The lowest BCUT2D eigenvalue weighted by Crippen LogP contribution is -2.31. The van der Waals surface area contributed by atoms with E-state index in [2.05, 4.69) is 10.3 Å². The van der Waals surface area contributed by atoms with Crippen LogP contribution in [0.2, 0.25) is 0 Å². The molecule has 0 radical (unpaired) electrons. The van der Waals surface area contributed by atoms with Crippen LogP contribution in [0.4, 0.5) is 14.2 Å². The van der Waals surface area contributed by atoms with Crippen molar-refractivity contribution in [3.8, 4) is 0 Å². The van der Waals surface area contributed by atoms with Crippen LogP contribution in [0, 0.1) is 12.7 Å². The Morgan fingerprint density at radius 2 is 2.10 bits per heavy atom. The van der Waals surface area contributed by atoms with Gasteiger partial charge in [0.15, 0.2) is 0 Å². The maximum atomic E-state index is 13.1. The van der Waals surface area contributed by atoms with E-state index in [9.17, 15) is 14.0 Å². The Hall–Kier alpha value is -3.20. The zero-order valence-electron chi connectivity index (χ0n) is 15.7. The Bertz CT molecular complexity index is 1020. The van der Waals surface area contributed by atoms with E-state index in [1.165, 1.54) is 35.9 Å². The molecular weight excluding hydrogens is 395 g/mol. The van der Waals surface area contributed by atoms with Crippen molar-refractivity contribution in [3.05, 3.63) is 70.5 Å². The summed E-state index contributed by atoms with van der Waals surface area (Å²) < 4.78 is 18.2. The van der Waals surface area contributed by atoms with Gasteiger partial charge in [-0.05, 0) is 36.2 Å². The second-order valence-electron chi connectivity index (χ2n) is 6.69. The molecule has 0 aliphatic carbocycles. The largest absolute Gasteiger partial charge is 0.447 e. The van der Waals surface area contributed by atoms with E-state index in [4.69, 9.17) is 4.42 Å². The molecule has 2 aromatic heterocycles. The zero-order chi connectivity index (χ0) is 20.4. The van der Waals surface area contributed by atoms with Crippen LogP contribution in [0.25, 0.3) is 0 Å². The molecule has 1 N–H and O–H groups in total. The van der Waals surface area contributed by atoms with Crippen molar-refractivity contribution in [2.75, 3.05) is 18.0 Å². The lowest BCUT2D eigenvalue weighted by molar-refractivity contribution is 0.0950. The number of hydrogen-bond acceptors (Lipinski definition) is 5. The standard InChI is InChI=1S/C20H19FN4O3S/c1-13-10-17(29-18(13)19(26)23-11-16-22-6-9-28-16)25-8-7-24(20(25)27)12-14-2-4-15(21)5-3-14/h2-6,9-10H,7-8,11-12H2,1H3,(H,23,26). The second kappa shape index (κ2) is 8.04. The van der Waals surface area contributed by atoms with Crippen LogP contribution in [0.15, 0.2) is 47.2 Å². The molecule has 1 aliphatic heterocycles. The number of aryl methyl sites for hydroxylation is 1. The number of aromatic nitrogens is 1. The number of urea groups is 1. The van der Waals surface area contributed by atoms with Crippen LogP contribution >= 0.6 is 11.3 Å². The summed E-state index contributed by atoms with van der Waals surface area (Å²) in [7, 11) is 0. The smallest absolute Gasteiger partial charge is 0.325 e. The van der Waals surface area contributed by atoms with Gasteiger partial charge in [0, 0.05) is 19.6 Å². The van der Waals surface area contributed by atoms with Crippen molar-refractivity contribution in [3.63, 3.8) is 0 Å². The molecule has 1 aromatic carbocycles. The molecule has 0 atom stereocenters. The molecule has 150 valence electrons. The molecule has 0 bridgehead atoms. The van der Waals surface area contributed by atoms with Crippen molar-refractivity contribution in [1.29, 1.82) is 0 Å². The van der Waals surface area contributed by atoms with E-state index in [-0.39, 0.29) is 24.3 Å². The molecule has 7 nitrogen and oxygen atoms in total. The van der Waals surface area contributed by atoms with Crippen molar-refractivity contribution in [2.24, 2.45) is 0 Å². The third-order valence-corrected chi connectivity index (χ3v) is 5.90. The predicted octanol–water partition coefficient (Wildman–Crippen LogP) is 3.56. The number of anilines is 1. The number of nitrogens with one attached hydrogen (secondary N) is 1. The minimum atomic E-state index is -0.300. The highest BCUT2D eigenvalue weighted by Crippen LogP contribution is 2.32. The highest BCUT2D eigenvalue weighted by Gasteiger charge is 2.31. The van der Waals surface area contributed by atoms with Gasteiger partial charge < -0.3 is 14.6 Å². The van der Waals surface area contributed by atoms with Gasteiger partial charge in [-0.3, -0.25) is 9.69 Å². The SMILES string of the molecule is Cc1cc(N2CCN(Cc3ccc(F)cc3)C2=O)sc1C(=O)NCc1ncco1. The monoisotopic (exact) mass is 414 g/mol. The lowest BCUT2D eigenvalue weighted by Gasteiger charge is -2.17. The molecule has 4 rings (SSSR count). The first-order chi connectivity index (χ1) is 14.0. The highest BCUT2D eigenvalue weighted by atomic mass is 32.1. The first-order valence-electron chi connectivity index (χ1n) is 9.09. The molecule has 3 amide bonds. The Morgan fingerprint density at radius 3 is 2.83 bits per heavy atom. The van der Waals surface area contributed by atoms with E-state index in [0.29, 0.717) is 30.4 Å². The first-order valence-corrected chi connectivity index (χ1v) is 9.91. The number of hydrogen-bond donors (Lipinski definition) is 1. The topological polar surface area (TPSA) is 78.7 Å². The molecule has 1 aliphatic rings. The molecule has 29 heavy (non-hydrogen) atoms. The summed E-state index contributed by atoms with van der Waals surface area (Å²) >= 11 is 1.28. The fraction of sp³-hybridized carbons (Fsp3) is 0.250. The average molecular weight is 414 g/mol. The summed E-state index contributed by atoms with van der Waals surface area (Å²) in [4.78, 5) is 33.2. The number of oxazole rings is 1. The number of benzene rings is 1. The number of rotatable bonds is 6. The number of amides is 3. The number of halogens is 1. The molecule has 9 heteroatoms. The van der Waals surface area contributed by atoms with Gasteiger partial charge >= 0.3 is 6.03 Å². The summed E-state index contributed by atoms with van der Waals surface area (Å²) in [6.07, 6.45) is 2.97. The van der Waals surface area contributed by atoms with Crippen molar-refractivity contribution in [2.45, 2.75) is 20.0 Å². The highest BCUT2D eigenvalue weighted by molar-refractivity contribution is 7.18. The normalized spacial score (nSPS) is 13.9. The van der Waals surface area contributed by atoms with Gasteiger partial charge in [0.25, 0.3) is 5.91 Å². The van der Waals surface area contributed by atoms with E-state index in [1.54, 1.807) is 21.9 Å². The maximum Gasteiger partial charge on any atom is 0.325 e. The van der Waals surface area contributed by atoms with E-state index in [0.717, 1.165) is 16.1 Å². The zero-order valence-corrected chi connectivity index (χ0v) is 16.5. The molecule has 1 saturated heterocycles. The Balaban J connectivity index is 1.42. The predicted molar refractivity (Wildman–Crippen MR) is 106 cm³/mol. The van der Waals surface area contributed by atoms with Gasteiger partial charge in [-0.1, -0.05) is 12.1 Å². The van der Waals surface area contributed by atoms with Crippen molar-refractivity contribution >= 4 is 28.3 Å². The average Bonchev–Trinajstić information content (AvgIpc) is 3.43. The van der Waals surface area contributed by atoms with Gasteiger partial charge in [0.05, 0.1) is 17.6 Å². The fourth-order valence-electron chi connectivity index (χ4n) is 3.14. The molecular formula is C20H19FN4O3S. The van der Waals surface area contributed by atoms with Crippen LogP contribution in [0.3, 0.4) is 0 Å². The summed E-state index contributed by atoms with van der Waals surface area (Å²) in [6, 6.07) is 7.86. The summed E-state index contributed by atoms with van der Waals surface area (Å²) in [5.74, 6) is -0.100. The van der Waals surface area contributed by atoms with E-state index in [1.807, 2.05) is 13.0 Å². The summed E-state index contributed by atoms with van der Waals surface area (Å²) in [5.41, 5.74) is 1.68. The number of thiophene rings is 1. The Labute approximate surface area is 170 Å². The maximum absolute atomic E-state index is 13.1. The summed E-state index contributed by atoms with van der Waals surface area (Å²) in [6.45, 7) is 3.57. The minimum absolute atomic E-state index is 0.123. The van der Waals surface area contributed by atoms with Crippen LogP contribution in [-0.4, -0.2) is 34.9 Å². The third kappa shape index (κ3) is 4.14. The van der Waals surface area contributed by atoms with E-state index < -0.39 is 0 Å². The van der Waals surface area contributed by atoms with Crippen LogP contribution in [-0.2, 0) is 13.1 Å². The molecule has 0 saturated carbocycles. The van der Waals surface area contributed by atoms with Gasteiger partial charge in [0.2, 0.25) is 5.89 Å². The third-order valence-electron chi connectivity index (χ3n) is 4.64. The van der Waals surface area contributed by atoms with Gasteiger partial charge in [-0.15, -0.1) is 11.3 Å². The quantitative estimate of drug-likeness (QED) is 0.669. The number of carbonyl (C=O) groups is 2. The van der Waals surface area contributed by atoms with Crippen LogP contribution in [0.1, 0.15) is 26.7 Å². The molecule has 0 spiro atoms.